The minimum atomic E-state index is -0.331. The molecule has 0 unspecified atom stereocenters. The van der Waals surface area contributed by atoms with Gasteiger partial charge in [0.05, 0.1) is 10.9 Å². The summed E-state index contributed by atoms with van der Waals surface area (Å²) in [7, 11) is 0. The van der Waals surface area contributed by atoms with Crippen LogP contribution >= 0.6 is 0 Å². The third-order valence-corrected chi connectivity index (χ3v) is 3.25. The largest absolute Gasteiger partial charge is 0.402 e. The van der Waals surface area contributed by atoms with Crippen molar-refractivity contribution in [2.45, 2.75) is 32.6 Å². The van der Waals surface area contributed by atoms with E-state index in [1.165, 1.54) is 0 Å². The first-order valence-electron chi connectivity index (χ1n) is 6.57. The molecular formula is C14H15N3O2. The van der Waals surface area contributed by atoms with Crippen LogP contribution in [-0.2, 0) is 6.42 Å². The van der Waals surface area contributed by atoms with E-state index < -0.39 is 0 Å². The van der Waals surface area contributed by atoms with Crippen molar-refractivity contribution < 1.29 is 4.42 Å². The number of aryl methyl sites for hydroxylation is 1. The summed E-state index contributed by atoms with van der Waals surface area (Å²) < 4.78 is 6.97. The van der Waals surface area contributed by atoms with Gasteiger partial charge in [0.1, 0.15) is 5.69 Å². The van der Waals surface area contributed by atoms with Crippen molar-refractivity contribution in [3.05, 3.63) is 40.4 Å². The van der Waals surface area contributed by atoms with E-state index >= 15 is 0 Å². The summed E-state index contributed by atoms with van der Waals surface area (Å²) in [5.74, 6) is 0. The Morgan fingerprint density at radius 2 is 2.11 bits per heavy atom. The second-order valence-electron chi connectivity index (χ2n) is 4.62. The zero-order valence-corrected chi connectivity index (χ0v) is 10.8. The quantitative estimate of drug-likeness (QED) is 0.674. The fraction of sp³-hybridized carbons (Fsp3) is 0.357. The summed E-state index contributed by atoms with van der Waals surface area (Å²) in [5, 5.41) is 8.77. The third kappa shape index (κ3) is 2.01. The van der Waals surface area contributed by atoms with Crippen LogP contribution in [0.1, 0.15) is 31.9 Å². The standard InChI is InChI=1S/C14H15N3O2/c1-2-3-4-8-11-13-17(16-15-11)12-9-6-5-7-10(12)14(18)19-13/h5-7,9H,2-4,8H2,1H3. The van der Waals surface area contributed by atoms with Crippen LogP contribution in [-0.4, -0.2) is 14.8 Å². The molecule has 0 saturated heterocycles. The number of hydrogen-bond acceptors (Lipinski definition) is 4. The number of fused-ring (bicyclic) bond motifs is 3. The van der Waals surface area contributed by atoms with Gasteiger partial charge in [-0.1, -0.05) is 37.1 Å². The molecule has 1 aromatic carbocycles. The molecule has 0 aliphatic carbocycles. The predicted octanol–water partition coefficient (Wildman–Crippen LogP) is 2.57. The minimum Gasteiger partial charge on any atom is -0.402 e. The van der Waals surface area contributed by atoms with Crippen molar-refractivity contribution >= 4 is 16.6 Å². The molecule has 19 heavy (non-hydrogen) atoms. The van der Waals surface area contributed by atoms with Crippen molar-refractivity contribution in [1.82, 2.24) is 14.8 Å². The molecule has 0 fully saturated rings. The lowest BCUT2D eigenvalue weighted by Crippen LogP contribution is -2.04. The zero-order valence-electron chi connectivity index (χ0n) is 10.8. The Labute approximate surface area is 109 Å². The number of unbranched alkanes of at least 4 members (excludes halogenated alkanes) is 2. The summed E-state index contributed by atoms with van der Waals surface area (Å²) in [6.07, 6.45) is 4.10. The molecule has 3 aromatic rings. The molecule has 0 radical (unpaired) electrons. The normalized spacial score (nSPS) is 11.4. The number of hydrogen-bond donors (Lipinski definition) is 0. The first kappa shape index (κ1) is 11.9. The van der Waals surface area contributed by atoms with Crippen LogP contribution in [0.4, 0.5) is 0 Å². The molecule has 0 amide bonds. The molecule has 0 aliphatic rings. The molecule has 0 spiro atoms. The van der Waals surface area contributed by atoms with Crippen molar-refractivity contribution in [2.75, 3.05) is 0 Å². The SMILES string of the molecule is CCCCCc1nnn2c1oc(=O)c1ccccc12. The molecule has 0 aliphatic heterocycles. The van der Waals surface area contributed by atoms with Crippen LogP contribution in [0.25, 0.3) is 16.6 Å². The van der Waals surface area contributed by atoms with E-state index in [9.17, 15) is 4.79 Å². The van der Waals surface area contributed by atoms with Gasteiger partial charge in [-0.05, 0) is 25.0 Å². The summed E-state index contributed by atoms with van der Waals surface area (Å²) in [5.41, 5.74) is 1.64. The zero-order chi connectivity index (χ0) is 13.2. The van der Waals surface area contributed by atoms with E-state index in [1.54, 1.807) is 10.6 Å². The molecule has 2 heterocycles. The maximum absolute atomic E-state index is 11.9. The van der Waals surface area contributed by atoms with Crippen LogP contribution in [0, 0.1) is 0 Å². The average molecular weight is 257 g/mol. The number of aromatic nitrogens is 3. The fourth-order valence-corrected chi connectivity index (χ4v) is 2.24. The predicted molar refractivity (Wildman–Crippen MR) is 72.3 cm³/mol. The van der Waals surface area contributed by atoms with Gasteiger partial charge in [-0.15, -0.1) is 5.10 Å². The van der Waals surface area contributed by atoms with Crippen LogP contribution in [0.5, 0.6) is 0 Å². The van der Waals surface area contributed by atoms with Crippen molar-refractivity contribution in [3.63, 3.8) is 0 Å². The lowest BCUT2D eigenvalue weighted by molar-refractivity contribution is 0.538. The van der Waals surface area contributed by atoms with Gasteiger partial charge in [0.2, 0.25) is 5.71 Å². The van der Waals surface area contributed by atoms with Gasteiger partial charge in [0.25, 0.3) is 0 Å². The lowest BCUT2D eigenvalue weighted by Gasteiger charge is -1.99. The van der Waals surface area contributed by atoms with Crippen LogP contribution < -0.4 is 5.63 Å². The van der Waals surface area contributed by atoms with E-state index in [1.807, 2.05) is 18.2 Å². The highest BCUT2D eigenvalue weighted by Crippen LogP contribution is 2.15. The Hall–Kier alpha value is -2.17. The molecule has 5 nitrogen and oxygen atoms in total. The second kappa shape index (κ2) is 4.84. The Kier molecular flexibility index (Phi) is 3.03. The highest BCUT2D eigenvalue weighted by molar-refractivity contribution is 5.79. The maximum Gasteiger partial charge on any atom is 0.347 e. The first-order chi connectivity index (χ1) is 9.31. The van der Waals surface area contributed by atoms with Gasteiger partial charge in [0.15, 0.2) is 0 Å². The topological polar surface area (TPSA) is 60.4 Å². The molecule has 2 aromatic heterocycles. The van der Waals surface area contributed by atoms with E-state index in [4.69, 9.17) is 4.42 Å². The number of benzene rings is 1. The highest BCUT2D eigenvalue weighted by Gasteiger charge is 2.13. The number of nitrogens with zero attached hydrogens (tertiary/aromatic N) is 3. The first-order valence-corrected chi connectivity index (χ1v) is 6.57. The Morgan fingerprint density at radius 1 is 1.26 bits per heavy atom. The summed E-state index contributed by atoms with van der Waals surface area (Å²) >= 11 is 0. The van der Waals surface area contributed by atoms with Gasteiger partial charge < -0.3 is 4.42 Å². The Bertz CT molecular complexity index is 773. The second-order valence-corrected chi connectivity index (χ2v) is 4.62. The van der Waals surface area contributed by atoms with Gasteiger partial charge in [-0.25, -0.2) is 4.79 Å². The van der Waals surface area contributed by atoms with E-state index in [0.717, 1.165) is 36.9 Å². The number of para-hydroxylation sites is 1. The average Bonchev–Trinajstić information content (AvgIpc) is 2.83. The molecule has 0 saturated carbocycles. The van der Waals surface area contributed by atoms with Gasteiger partial charge in [-0.3, -0.25) is 0 Å². The van der Waals surface area contributed by atoms with Crippen molar-refractivity contribution in [2.24, 2.45) is 0 Å². The van der Waals surface area contributed by atoms with Gasteiger partial charge in [-0.2, -0.15) is 4.52 Å². The minimum absolute atomic E-state index is 0.331. The summed E-state index contributed by atoms with van der Waals surface area (Å²) in [4.78, 5) is 11.9. The highest BCUT2D eigenvalue weighted by atomic mass is 16.4. The van der Waals surface area contributed by atoms with E-state index in [-0.39, 0.29) is 5.63 Å². The van der Waals surface area contributed by atoms with Crippen molar-refractivity contribution in [1.29, 1.82) is 0 Å². The third-order valence-electron chi connectivity index (χ3n) is 3.25. The van der Waals surface area contributed by atoms with Crippen LogP contribution in [0.3, 0.4) is 0 Å². The summed E-state index contributed by atoms with van der Waals surface area (Å²) in [6.45, 7) is 2.15. The monoisotopic (exact) mass is 257 g/mol. The van der Waals surface area contributed by atoms with Crippen LogP contribution in [0.15, 0.2) is 33.5 Å². The van der Waals surface area contributed by atoms with Crippen molar-refractivity contribution in [3.8, 4) is 0 Å². The number of rotatable bonds is 4. The molecular weight excluding hydrogens is 242 g/mol. The lowest BCUT2D eigenvalue weighted by atomic mass is 10.2. The van der Waals surface area contributed by atoms with Gasteiger partial charge in [0, 0.05) is 0 Å². The maximum atomic E-state index is 11.9. The molecule has 0 bridgehead atoms. The molecule has 0 atom stereocenters. The Morgan fingerprint density at radius 3 is 2.95 bits per heavy atom. The summed E-state index contributed by atoms with van der Waals surface area (Å²) in [6, 6.07) is 7.27. The molecule has 98 valence electrons. The fourth-order valence-electron chi connectivity index (χ4n) is 2.24. The smallest absolute Gasteiger partial charge is 0.347 e. The van der Waals surface area contributed by atoms with E-state index in [2.05, 4.69) is 17.2 Å². The van der Waals surface area contributed by atoms with E-state index in [0.29, 0.717) is 11.1 Å². The molecule has 3 rings (SSSR count). The molecule has 5 heteroatoms. The van der Waals surface area contributed by atoms with Crippen LogP contribution in [0.2, 0.25) is 0 Å². The van der Waals surface area contributed by atoms with Gasteiger partial charge >= 0.3 is 5.63 Å². The molecule has 0 N–H and O–H groups in total. The Balaban J connectivity index is 2.16.